The van der Waals surface area contributed by atoms with Crippen LogP contribution in [-0.2, 0) is 19.5 Å². The number of rotatable bonds is 6. The third kappa shape index (κ3) is 3.62. The molecule has 0 spiro atoms. The number of hydrogen-bond acceptors (Lipinski definition) is 3. The highest BCUT2D eigenvalue weighted by atomic mass is 35.5. The molecule has 1 amide bonds. The number of halogens is 1. The Morgan fingerprint density at radius 2 is 2.21 bits per heavy atom. The van der Waals surface area contributed by atoms with Crippen LogP contribution in [0.1, 0.15) is 47.1 Å². The first kappa shape index (κ1) is 17.0. The first-order chi connectivity index (χ1) is 11.7. The van der Waals surface area contributed by atoms with Crippen LogP contribution in [0.5, 0.6) is 0 Å². The molecule has 2 N–H and O–H groups in total. The zero-order valence-corrected chi connectivity index (χ0v) is 14.7. The predicted octanol–water partition coefficient (Wildman–Crippen LogP) is 3.15. The van der Waals surface area contributed by atoms with Crippen molar-refractivity contribution in [1.29, 1.82) is 0 Å². The average molecular weight is 347 g/mol. The fourth-order valence-corrected chi connectivity index (χ4v) is 3.18. The van der Waals surface area contributed by atoms with Crippen LogP contribution in [0, 0.1) is 0 Å². The molecule has 1 aromatic heterocycles. The van der Waals surface area contributed by atoms with Crippen LogP contribution < -0.4 is 5.32 Å². The number of aromatic nitrogens is 2. The SMILES string of the molecule is CCCCN(Cc1ccccc1Cl)C(=O)c1n[nH]c2c1CNCC2. The van der Waals surface area contributed by atoms with Crippen molar-refractivity contribution < 1.29 is 4.79 Å². The molecular formula is C18H23ClN4O. The maximum Gasteiger partial charge on any atom is 0.274 e. The van der Waals surface area contributed by atoms with E-state index in [1.807, 2.05) is 29.2 Å². The van der Waals surface area contributed by atoms with Crippen LogP contribution in [0.2, 0.25) is 5.02 Å². The number of aromatic amines is 1. The highest BCUT2D eigenvalue weighted by Crippen LogP contribution is 2.21. The predicted molar refractivity (Wildman–Crippen MR) is 95.1 cm³/mol. The molecule has 3 rings (SSSR count). The van der Waals surface area contributed by atoms with Gasteiger partial charge in [0, 0.05) is 48.9 Å². The number of nitrogens with one attached hydrogen (secondary N) is 2. The number of hydrogen-bond donors (Lipinski definition) is 2. The fraction of sp³-hybridized carbons (Fsp3) is 0.444. The Morgan fingerprint density at radius 1 is 1.38 bits per heavy atom. The van der Waals surface area contributed by atoms with E-state index in [-0.39, 0.29) is 5.91 Å². The van der Waals surface area contributed by atoms with Gasteiger partial charge in [-0.2, -0.15) is 5.10 Å². The number of unbranched alkanes of at least 4 members (excludes halogenated alkanes) is 1. The standard InChI is InChI=1S/C18H23ClN4O/c1-2-3-10-23(12-13-6-4-5-7-15(13)19)18(24)17-14-11-20-9-8-16(14)21-22-17/h4-7,20H,2-3,8-12H2,1H3,(H,21,22). The van der Waals surface area contributed by atoms with E-state index >= 15 is 0 Å². The lowest BCUT2D eigenvalue weighted by Gasteiger charge is -2.23. The van der Waals surface area contributed by atoms with E-state index in [2.05, 4.69) is 22.4 Å². The number of carbonyl (C=O) groups is 1. The number of fused-ring (bicyclic) bond motifs is 1. The summed E-state index contributed by atoms with van der Waals surface area (Å²) < 4.78 is 0. The van der Waals surface area contributed by atoms with Gasteiger partial charge < -0.3 is 10.2 Å². The molecule has 0 bridgehead atoms. The Balaban J connectivity index is 1.84. The summed E-state index contributed by atoms with van der Waals surface area (Å²) in [6, 6.07) is 7.68. The zero-order chi connectivity index (χ0) is 16.9. The van der Waals surface area contributed by atoms with E-state index in [1.165, 1.54) is 0 Å². The highest BCUT2D eigenvalue weighted by molar-refractivity contribution is 6.31. The second-order valence-electron chi connectivity index (χ2n) is 6.13. The molecular weight excluding hydrogens is 324 g/mol. The number of carbonyl (C=O) groups excluding carboxylic acids is 1. The zero-order valence-electron chi connectivity index (χ0n) is 13.9. The molecule has 2 heterocycles. The Labute approximate surface area is 147 Å². The van der Waals surface area contributed by atoms with Crippen LogP contribution in [-0.4, -0.2) is 34.1 Å². The third-order valence-corrected chi connectivity index (χ3v) is 4.77. The summed E-state index contributed by atoms with van der Waals surface area (Å²) in [6.45, 7) is 4.95. The van der Waals surface area contributed by atoms with Crippen LogP contribution in [0.3, 0.4) is 0 Å². The molecule has 2 aromatic rings. The maximum absolute atomic E-state index is 13.1. The number of H-pyrrole nitrogens is 1. The van der Waals surface area contributed by atoms with Gasteiger partial charge in [-0.3, -0.25) is 9.89 Å². The largest absolute Gasteiger partial charge is 0.333 e. The van der Waals surface area contributed by atoms with Crippen molar-refractivity contribution in [3.05, 3.63) is 51.8 Å². The van der Waals surface area contributed by atoms with E-state index < -0.39 is 0 Å². The quantitative estimate of drug-likeness (QED) is 0.844. The van der Waals surface area contributed by atoms with Gasteiger partial charge >= 0.3 is 0 Å². The molecule has 0 saturated carbocycles. The number of benzene rings is 1. The molecule has 128 valence electrons. The van der Waals surface area contributed by atoms with Crippen molar-refractivity contribution in [3.8, 4) is 0 Å². The molecule has 5 nitrogen and oxygen atoms in total. The van der Waals surface area contributed by atoms with Crippen molar-refractivity contribution >= 4 is 17.5 Å². The van der Waals surface area contributed by atoms with Gasteiger partial charge in [0.15, 0.2) is 5.69 Å². The topological polar surface area (TPSA) is 61.0 Å². The molecule has 1 aliphatic rings. The molecule has 0 fully saturated rings. The van der Waals surface area contributed by atoms with Gasteiger partial charge in [-0.15, -0.1) is 0 Å². The first-order valence-electron chi connectivity index (χ1n) is 8.50. The first-order valence-corrected chi connectivity index (χ1v) is 8.88. The van der Waals surface area contributed by atoms with E-state index in [4.69, 9.17) is 11.6 Å². The van der Waals surface area contributed by atoms with Crippen LogP contribution in [0.4, 0.5) is 0 Å². The lowest BCUT2D eigenvalue weighted by Crippen LogP contribution is -2.33. The molecule has 1 aliphatic heterocycles. The molecule has 0 saturated heterocycles. The minimum Gasteiger partial charge on any atom is -0.333 e. The molecule has 24 heavy (non-hydrogen) atoms. The lowest BCUT2D eigenvalue weighted by molar-refractivity contribution is 0.0733. The highest BCUT2D eigenvalue weighted by Gasteiger charge is 2.25. The van der Waals surface area contributed by atoms with E-state index in [0.717, 1.165) is 42.6 Å². The van der Waals surface area contributed by atoms with Gasteiger partial charge in [0.05, 0.1) is 0 Å². The van der Waals surface area contributed by atoms with Crippen molar-refractivity contribution in [1.82, 2.24) is 20.4 Å². The van der Waals surface area contributed by atoms with Gasteiger partial charge in [0.25, 0.3) is 5.91 Å². The minimum absolute atomic E-state index is 0.0235. The van der Waals surface area contributed by atoms with Crippen molar-refractivity contribution in [3.63, 3.8) is 0 Å². The summed E-state index contributed by atoms with van der Waals surface area (Å²) in [4.78, 5) is 14.9. The van der Waals surface area contributed by atoms with E-state index in [1.54, 1.807) is 0 Å². The summed E-state index contributed by atoms with van der Waals surface area (Å²) in [5.74, 6) is -0.0235. The molecule has 1 aromatic carbocycles. The Kier molecular flexibility index (Phi) is 5.53. The normalized spacial score (nSPS) is 13.6. The van der Waals surface area contributed by atoms with Crippen molar-refractivity contribution in [2.75, 3.05) is 13.1 Å². The molecule has 6 heteroatoms. The van der Waals surface area contributed by atoms with Crippen LogP contribution in [0.15, 0.2) is 24.3 Å². The second-order valence-corrected chi connectivity index (χ2v) is 6.53. The smallest absolute Gasteiger partial charge is 0.274 e. The molecule has 0 aliphatic carbocycles. The lowest BCUT2D eigenvalue weighted by atomic mass is 10.1. The molecule has 0 atom stereocenters. The maximum atomic E-state index is 13.1. The Bertz CT molecular complexity index is 713. The summed E-state index contributed by atoms with van der Waals surface area (Å²) >= 11 is 6.28. The van der Waals surface area contributed by atoms with Gasteiger partial charge in [-0.25, -0.2) is 0 Å². The van der Waals surface area contributed by atoms with Crippen molar-refractivity contribution in [2.24, 2.45) is 0 Å². The monoisotopic (exact) mass is 346 g/mol. The Morgan fingerprint density at radius 3 is 3.00 bits per heavy atom. The van der Waals surface area contributed by atoms with E-state index in [9.17, 15) is 4.79 Å². The summed E-state index contributed by atoms with van der Waals surface area (Å²) in [5.41, 5.74) is 3.59. The van der Waals surface area contributed by atoms with Gasteiger partial charge in [0.1, 0.15) is 0 Å². The third-order valence-electron chi connectivity index (χ3n) is 4.40. The summed E-state index contributed by atoms with van der Waals surface area (Å²) in [5, 5.41) is 11.3. The van der Waals surface area contributed by atoms with Crippen LogP contribution >= 0.6 is 11.6 Å². The second kappa shape index (κ2) is 7.81. The van der Waals surface area contributed by atoms with E-state index in [0.29, 0.717) is 30.4 Å². The molecule has 0 radical (unpaired) electrons. The van der Waals surface area contributed by atoms with Gasteiger partial charge in [0.2, 0.25) is 0 Å². The average Bonchev–Trinajstić information content (AvgIpc) is 3.03. The number of nitrogens with zero attached hydrogens (tertiary/aromatic N) is 2. The fourth-order valence-electron chi connectivity index (χ4n) is 2.99. The summed E-state index contributed by atoms with van der Waals surface area (Å²) in [6.07, 6.45) is 2.88. The van der Waals surface area contributed by atoms with Crippen LogP contribution in [0.25, 0.3) is 0 Å². The van der Waals surface area contributed by atoms with Crippen molar-refractivity contribution in [2.45, 2.75) is 39.3 Å². The summed E-state index contributed by atoms with van der Waals surface area (Å²) in [7, 11) is 0. The molecule has 0 unspecified atom stereocenters. The van der Waals surface area contributed by atoms with Gasteiger partial charge in [-0.1, -0.05) is 43.1 Å². The van der Waals surface area contributed by atoms with Gasteiger partial charge in [-0.05, 0) is 18.1 Å². The number of amides is 1. The Hall–Kier alpha value is -1.85. The minimum atomic E-state index is -0.0235.